The highest BCUT2D eigenvalue weighted by molar-refractivity contribution is 6.30. The first-order valence-electron chi connectivity index (χ1n) is 8.84. The van der Waals surface area contributed by atoms with E-state index in [0.717, 1.165) is 5.69 Å². The molecule has 2 heterocycles. The molecule has 9 heteroatoms. The lowest BCUT2D eigenvalue weighted by Crippen LogP contribution is -2.44. The van der Waals surface area contributed by atoms with Gasteiger partial charge in [0.05, 0.1) is 23.6 Å². The second-order valence-electron chi connectivity index (χ2n) is 6.77. The number of nitrogens with one attached hydrogen (secondary N) is 3. The summed E-state index contributed by atoms with van der Waals surface area (Å²) in [5.74, 6) is 0.000929. The van der Waals surface area contributed by atoms with Crippen LogP contribution in [0.15, 0.2) is 48.9 Å². The Balaban J connectivity index is 1.72. The Kier molecular flexibility index (Phi) is 6.10. The lowest BCUT2D eigenvalue weighted by Gasteiger charge is -2.19. The lowest BCUT2D eigenvalue weighted by molar-refractivity contribution is -0.118. The van der Waals surface area contributed by atoms with Crippen LogP contribution in [0, 0.1) is 5.92 Å². The molecule has 1 unspecified atom stereocenters. The largest absolute Gasteiger partial charge is 0.340 e. The fourth-order valence-corrected chi connectivity index (χ4v) is 2.87. The minimum absolute atomic E-state index is 0.215. The van der Waals surface area contributed by atoms with Gasteiger partial charge in [-0.25, -0.2) is 4.68 Å². The van der Waals surface area contributed by atoms with Crippen LogP contribution in [0.5, 0.6) is 0 Å². The first kappa shape index (κ1) is 19.6. The van der Waals surface area contributed by atoms with Gasteiger partial charge in [-0.1, -0.05) is 31.5 Å². The molecule has 0 bridgehead atoms. The van der Waals surface area contributed by atoms with E-state index in [2.05, 4.69) is 25.9 Å². The van der Waals surface area contributed by atoms with Gasteiger partial charge >= 0.3 is 0 Å². The highest BCUT2D eigenvalue weighted by Crippen LogP contribution is 2.15. The number of benzene rings is 1. The molecule has 0 spiro atoms. The molecule has 0 aliphatic heterocycles. The quantitative estimate of drug-likeness (QED) is 0.566. The zero-order chi connectivity index (χ0) is 20.1. The van der Waals surface area contributed by atoms with Crippen LogP contribution in [0.25, 0.3) is 5.69 Å². The number of aromatic amines is 1. The predicted octanol–water partition coefficient (Wildman–Crippen LogP) is 3.03. The fourth-order valence-electron chi connectivity index (χ4n) is 2.69. The van der Waals surface area contributed by atoms with Gasteiger partial charge in [-0.15, -0.1) is 0 Å². The van der Waals surface area contributed by atoms with Crippen LogP contribution >= 0.6 is 11.6 Å². The zero-order valence-corrected chi connectivity index (χ0v) is 16.3. The average molecular weight is 401 g/mol. The van der Waals surface area contributed by atoms with Crippen LogP contribution in [-0.2, 0) is 4.79 Å². The monoisotopic (exact) mass is 400 g/mol. The number of amides is 2. The van der Waals surface area contributed by atoms with Crippen LogP contribution in [-0.4, -0.2) is 37.8 Å². The van der Waals surface area contributed by atoms with Crippen molar-refractivity contribution in [3.05, 3.63) is 59.5 Å². The van der Waals surface area contributed by atoms with E-state index in [-0.39, 0.29) is 17.7 Å². The molecule has 3 rings (SSSR count). The fraction of sp³-hybridized carbons (Fsp3) is 0.263. The van der Waals surface area contributed by atoms with Crippen LogP contribution in [0.1, 0.15) is 30.6 Å². The third-order valence-electron chi connectivity index (χ3n) is 4.01. The number of hydrogen-bond donors (Lipinski definition) is 3. The highest BCUT2D eigenvalue weighted by atomic mass is 35.5. The van der Waals surface area contributed by atoms with Crippen molar-refractivity contribution in [2.75, 3.05) is 5.32 Å². The summed E-state index contributed by atoms with van der Waals surface area (Å²) in [5, 5.41) is 16.7. The summed E-state index contributed by atoms with van der Waals surface area (Å²) in [5.41, 5.74) is 1.09. The van der Waals surface area contributed by atoms with Crippen LogP contribution in [0.2, 0.25) is 5.02 Å². The predicted molar refractivity (Wildman–Crippen MR) is 107 cm³/mol. The summed E-state index contributed by atoms with van der Waals surface area (Å²) < 4.78 is 1.56. The number of halogens is 1. The molecule has 0 saturated heterocycles. The topological polar surface area (TPSA) is 105 Å². The van der Waals surface area contributed by atoms with Crippen LogP contribution in [0.3, 0.4) is 0 Å². The molecule has 146 valence electrons. The van der Waals surface area contributed by atoms with Crippen molar-refractivity contribution in [1.29, 1.82) is 0 Å². The maximum atomic E-state index is 12.7. The maximum Gasteiger partial charge on any atom is 0.255 e. The molecule has 0 aliphatic carbocycles. The number of anilines is 1. The number of carbonyl (C=O) groups is 2. The van der Waals surface area contributed by atoms with E-state index in [1.54, 1.807) is 35.1 Å². The smallest absolute Gasteiger partial charge is 0.255 e. The SMILES string of the molecule is CC(C)CC(NC(=O)c1cnn(-c2cccc(Cl)c2)c1)C(=O)Nc1ccn[nH]1. The van der Waals surface area contributed by atoms with Gasteiger partial charge in [0.2, 0.25) is 5.91 Å². The minimum atomic E-state index is -0.690. The summed E-state index contributed by atoms with van der Waals surface area (Å²) in [4.78, 5) is 25.2. The maximum absolute atomic E-state index is 12.7. The van der Waals surface area contributed by atoms with E-state index in [4.69, 9.17) is 11.6 Å². The molecule has 3 aromatic rings. The second-order valence-corrected chi connectivity index (χ2v) is 7.21. The summed E-state index contributed by atoms with van der Waals surface area (Å²) in [6.07, 6.45) is 5.08. The number of hydrogen-bond acceptors (Lipinski definition) is 4. The number of nitrogens with zero attached hydrogens (tertiary/aromatic N) is 3. The molecular formula is C19H21ClN6O2. The Labute approximate surface area is 167 Å². The van der Waals surface area contributed by atoms with E-state index in [0.29, 0.717) is 22.8 Å². The van der Waals surface area contributed by atoms with Gasteiger partial charge in [-0.2, -0.15) is 10.2 Å². The van der Waals surface area contributed by atoms with Gasteiger partial charge < -0.3 is 10.6 Å². The van der Waals surface area contributed by atoms with Crippen molar-refractivity contribution in [2.45, 2.75) is 26.3 Å². The number of aromatic nitrogens is 4. The summed E-state index contributed by atoms with van der Waals surface area (Å²) >= 11 is 6.00. The second kappa shape index (κ2) is 8.71. The van der Waals surface area contributed by atoms with Crippen LogP contribution < -0.4 is 10.6 Å². The molecule has 8 nitrogen and oxygen atoms in total. The standard InChI is InChI=1S/C19H21ClN6O2/c1-12(2)8-16(19(28)24-17-6-7-21-25-17)23-18(27)13-10-22-26(11-13)15-5-3-4-14(20)9-15/h3-7,9-12,16H,8H2,1-2H3,(H,23,27)(H2,21,24,25,28). The molecule has 2 aromatic heterocycles. The van der Waals surface area contributed by atoms with Crippen LogP contribution in [0.4, 0.5) is 5.82 Å². The molecule has 1 atom stereocenters. The van der Waals surface area contributed by atoms with E-state index in [9.17, 15) is 9.59 Å². The molecule has 3 N–H and O–H groups in total. The van der Waals surface area contributed by atoms with Crippen molar-refractivity contribution >= 4 is 29.2 Å². The van der Waals surface area contributed by atoms with E-state index < -0.39 is 6.04 Å². The Morgan fingerprint density at radius 2 is 2.11 bits per heavy atom. The van der Waals surface area contributed by atoms with E-state index in [1.807, 2.05) is 19.9 Å². The molecule has 0 saturated carbocycles. The summed E-state index contributed by atoms with van der Waals surface area (Å²) in [7, 11) is 0. The Hall–Kier alpha value is -3.13. The van der Waals surface area contributed by atoms with Gasteiger partial charge in [0, 0.05) is 17.3 Å². The number of rotatable bonds is 7. The summed E-state index contributed by atoms with van der Waals surface area (Å²) in [6, 6.07) is 8.09. The van der Waals surface area contributed by atoms with Crippen molar-refractivity contribution < 1.29 is 9.59 Å². The molecule has 0 fully saturated rings. The zero-order valence-electron chi connectivity index (χ0n) is 15.5. The molecular weight excluding hydrogens is 380 g/mol. The Morgan fingerprint density at radius 1 is 1.29 bits per heavy atom. The van der Waals surface area contributed by atoms with E-state index in [1.165, 1.54) is 12.4 Å². The normalized spacial score (nSPS) is 12.0. The van der Waals surface area contributed by atoms with Crippen molar-refractivity contribution in [3.63, 3.8) is 0 Å². The van der Waals surface area contributed by atoms with Gasteiger partial charge in [0.15, 0.2) is 0 Å². The van der Waals surface area contributed by atoms with E-state index >= 15 is 0 Å². The highest BCUT2D eigenvalue weighted by Gasteiger charge is 2.23. The first-order valence-corrected chi connectivity index (χ1v) is 9.22. The Morgan fingerprint density at radius 3 is 2.79 bits per heavy atom. The Bertz CT molecular complexity index is 951. The molecule has 0 radical (unpaired) electrons. The third kappa shape index (κ3) is 4.98. The van der Waals surface area contributed by atoms with Gasteiger partial charge in [-0.3, -0.25) is 14.7 Å². The first-order chi connectivity index (χ1) is 13.4. The molecule has 2 amide bonds. The molecule has 28 heavy (non-hydrogen) atoms. The minimum Gasteiger partial charge on any atom is -0.340 e. The number of H-pyrrole nitrogens is 1. The molecule has 1 aromatic carbocycles. The third-order valence-corrected chi connectivity index (χ3v) is 4.24. The van der Waals surface area contributed by atoms with Gasteiger partial charge in [-0.05, 0) is 30.5 Å². The van der Waals surface area contributed by atoms with Gasteiger partial charge in [0.25, 0.3) is 5.91 Å². The van der Waals surface area contributed by atoms with Crippen molar-refractivity contribution in [1.82, 2.24) is 25.3 Å². The number of carbonyl (C=O) groups excluding carboxylic acids is 2. The lowest BCUT2D eigenvalue weighted by atomic mass is 10.0. The van der Waals surface area contributed by atoms with Gasteiger partial charge in [0.1, 0.15) is 11.9 Å². The van der Waals surface area contributed by atoms with Crippen molar-refractivity contribution in [3.8, 4) is 5.69 Å². The van der Waals surface area contributed by atoms with Crippen molar-refractivity contribution in [2.24, 2.45) is 5.92 Å². The summed E-state index contributed by atoms with van der Waals surface area (Å²) in [6.45, 7) is 3.97. The average Bonchev–Trinajstić information content (AvgIpc) is 3.32. The molecule has 0 aliphatic rings.